The van der Waals surface area contributed by atoms with Gasteiger partial charge in [0.1, 0.15) is 5.82 Å². The molecule has 0 aromatic heterocycles. The van der Waals surface area contributed by atoms with Crippen molar-refractivity contribution in [2.24, 2.45) is 0 Å². The maximum absolute atomic E-state index is 13.1. The topological polar surface area (TPSA) is 84.9 Å². The van der Waals surface area contributed by atoms with Gasteiger partial charge in [0.15, 0.2) is 11.5 Å². The van der Waals surface area contributed by atoms with Crippen LogP contribution in [0.15, 0.2) is 41.3 Å². The molecule has 2 heterocycles. The van der Waals surface area contributed by atoms with E-state index in [2.05, 4.69) is 5.32 Å². The number of rotatable bonds is 5. The van der Waals surface area contributed by atoms with Crippen molar-refractivity contribution >= 4 is 46.5 Å². The molecule has 2 aromatic rings. The van der Waals surface area contributed by atoms with Gasteiger partial charge < -0.3 is 14.8 Å². The zero-order valence-electron chi connectivity index (χ0n) is 15.3. The Hall–Kier alpha value is -3.04. The highest BCUT2D eigenvalue weighted by Gasteiger charge is 2.34. The first-order valence-electron chi connectivity index (χ1n) is 8.80. The highest BCUT2D eigenvalue weighted by Crippen LogP contribution is 2.36. The second-order valence-electron chi connectivity index (χ2n) is 6.33. The summed E-state index contributed by atoms with van der Waals surface area (Å²) in [4.78, 5) is 38.3. The molecular weight excluding hydrogens is 435 g/mol. The van der Waals surface area contributed by atoms with Crippen LogP contribution in [0, 0.1) is 5.82 Å². The van der Waals surface area contributed by atoms with Crippen molar-refractivity contribution in [2.45, 2.75) is 0 Å². The van der Waals surface area contributed by atoms with Crippen LogP contribution < -0.4 is 14.8 Å². The smallest absolute Gasteiger partial charge is 0.293 e. The first kappa shape index (κ1) is 20.2. The van der Waals surface area contributed by atoms with Gasteiger partial charge in [0.25, 0.3) is 17.1 Å². The molecule has 2 aromatic carbocycles. The Morgan fingerprint density at radius 2 is 2.00 bits per heavy atom. The fourth-order valence-electron chi connectivity index (χ4n) is 2.90. The summed E-state index contributed by atoms with van der Waals surface area (Å²) in [7, 11) is 0. The highest BCUT2D eigenvalue weighted by atomic mass is 35.5. The van der Waals surface area contributed by atoms with Crippen molar-refractivity contribution in [1.29, 1.82) is 0 Å². The van der Waals surface area contributed by atoms with E-state index in [1.807, 2.05) is 0 Å². The molecule has 7 nitrogen and oxygen atoms in total. The molecule has 30 heavy (non-hydrogen) atoms. The summed E-state index contributed by atoms with van der Waals surface area (Å²) < 4.78 is 23.7. The number of halogens is 2. The Kier molecular flexibility index (Phi) is 5.65. The Labute approximate surface area is 179 Å². The van der Waals surface area contributed by atoms with E-state index in [0.717, 1.165) is 28.8 Å². The molecule has 154 valence electrons. The number of amides is 3. The summed E-state index contributed by atoms with van der Waals surface area (Å²) in [5.41, 5.74) is 0.805. The van der Waals surface area contributed by atoms with E-state index >= 15 is 0 Å². The lowest BCUT2D eigenvalue weighted by Crippen LogP contribution is -2.37. The second kappa shape index (κ2) is 8.37. The standard InChI is InChI=1S/C20H14ClFN2O5S/c21-14-9-12(22)2-3-13(14)18(25)23-5-6-24-19(26)17(30-20(24)27)8-11-1-4-15-16(7-11)29-10-28-15/h1-4,7-9H,5-6,10H2,(H,23,25)/b17-8-. The van der Waals surface area contributed by atoms with E-state index in [1.54, 1.807) is 24.3 Å². The zero-order chi connectivity index (χ0) is 21.3. The number of thioether (sulfide) groups is 1. The molecule has 0 saturated carbocycles. The normalized spacial score (nSPS) is 16.5. The molecule has 10 heteroatoms. The van der Waals surface area contributed by atoms with Gasteiger partial charge in [-0.2, -0.15) is 0 Å². The third-order valence-electron chi connectivity index (χ3n) is 4.36. The van der Waals surface area contributed by atoms with Crippen LogP contribution in [-0.2, 0) is 4.79 Å². The summed E-state index contributed by atoms with van der Waals surface area (Å²) in [5.74, 6) is -0.328. The van der Waals surface area contributed by atoms with Gasteiger partial charge >= 0.3 is 0 Å². The van der Waals surface area contributed by atoms with E-state index in [0.29, 0.717) is 17.1 Å². The van der Waals surface area contributed by atoms with Crippen molar-refractivity contribution in [1.82, 2.24) is 10.2 Å². The van der Waals surface area contributed by atoms with Crippen LogP contribution in [-0.4, -0.2) is 41.8 Å². The number of nitrogens with one attached hydrogen (secondary N) is 1. The number of carbonyl (C=O) groups is 3. The summed E-state index contributed by atoms with van der Waals surface area (Å²) in [6, 6.07) is 8.64. The quantitative estimate of drug-likeness (QED) is 0.702. The van der Waals surface area contributed by atoms with Crippen LogP contribution in [0.3, 0.4) is 0 Å². The van der Waals surface area contributed by atoms with Crippen LogP contribution in [0.1, 0.15) is 15.9 Å². The first-order valence-corrected chi connectivity index (χ1v) is 10.00. The number of hydrogen-bond acceptors (Lipinski definition) is 6. The minimum atomic E-state index is -0.552. The lowest BCUT2D eigenvalue weighted by atomic mass is 10.2. The molecule has 3 amide bonds. The molecule has 1 N–H and O–H groups in total. The number of carbonyl (C=O) groups excluding carboxylic acids is 3. The molecule has 0 radical (unpaired) electrons. The van der Waals surface area contributed by atoms with Crippen molar-refractivity contribution in [3.63, 3.8) is 0 Å². The van der Waals surface area contributed by atoms with E-state index < -0.39 is 22.9 Å². The number of nitrogens with zero attached hydrogens (tertiary/aromatic N) is 1. The number of hydrogen-bond donors (Lipinski definition) is 1. The maximum Gasteiger partial charge on any atom is 0.293 e. The minimum absolute atomic E-state index is 0.00625. The monoisotopic (exact) mass is 448 g/mol. The predicted octanol–water partition coefficient (Wildman–Crippen LogP) is 3.67. The molecule has 1 fully saturated rings. The predicted molar refractivity (Wildman–Crippen MR) is 109 cm³/mol. The van der Waals surface area contributed by atoms with E-state index in [9.17, 15) is 18.8 Å². The zero-order valence-corrected chi connectivity index (χ0v) is 16.9. The van der Waals surface area contributed by atoms with Crippen LogP contribution in [0.2, 0.25) is 5.02 Å². The Morgan fingerprint density at radius 3 is 2.80 bits per heavy atom. The molecule has 4 rings (SSSR count). The first-order chi connectivity index (χ1) is 14.4. The molecule has 2 aliphatic heterocycles. The highest BCUT2D eigenvalue weighted by molar-refractivity contribution is 8.18. The molecule has 0 spiro atoms. The van der Waals surface area contributed by atoms with E-state index in [1.165, 1.54) is 6.07 Å². The Morgan fingerprint density at radius 1 is 1.20 bits per heavy atom. The van der Waals surface area contributed by atoms with Crippen molar-refractivity contribution in [3.05, 3.63) is 63.3 Å². The van der Waals surface area contributed by atoms with Crippen molar-refractivity contribution < 1.29 is 28.2 Å². The summed E-state index contributed by atoms with van der Waals surface area (Å²) in [6.07, 6.45) is 1.60. The van der Waals surface area contributed by atoms with Crippen molar-refractivity contribution in [2.75, 3.05) is 19.9 Å². The van der Waals surface area contributed by atoms with Gasteiger partial charge in [0.2, 0.25) is 6.79 Å². The molecule has 2 aliphatic rings. The molecule has 0 aliphatic carbocycles. The number of ether oxygens (including phenoxy) is 2. The number of fused-ring (bicyclic) bond motifs is 1. The lowest BCUT2D eigenvalue weighted by Gasteiger charge is -2.13. The van der Waals surface area contributed by atoms with Gasteiger partial charge in [0.05, 0.1) is 15.5 Å². The van der Waals surface area contributed by atoms with Crippen LogP contribution in [0.25, 0.3) is 6.08 Å². The van der Waals surface area contributed by atoms with Crippen LogP contribution in [0.5, 0.6) is 11.5 Å². The van der Waals surface area contributed by atoms with Gasteiger partial charge in [0, 0.05) is 13.1 Å². The van der Waals surface area contributed by atoms with Crippen molar-refractivity contribution in [3.8, 4) is 11.5 Å². The van der Waals surface area contributed by atoms with Crippen LogP contribution in [0.4, 0.5) is 9.18 Å². The van der Waals surface area contributed by atoms with Gasteiger partial charge in [-0.3, -0.25) is 19.3 Å². The second-order valence-corrected chi connectivity index (χ2v) is 7.73. The van der Waals surface area contributed by atoms with E-state index in [4.69, 9.17) is 21.1 Å². The summed E-state index contributed by atoms with van der Waals surface area (Å²) in [6.45, 7) is 0.166. The largest absolute Gasteiger partial charge is 0.454 e. The Bertz CT molecular complexity index is 1090. The summed E-state index contributed by atoms with van der Waals surface area (Å²) >= 11 is 6.68. The SMILES string of the molecule is O=C(NCCN1C(=O)S/C(=C\c2ccc3c(c2)OCO3)C1=O)c1ccc(F)cc1Cl. The lowest BCUT2D eigenvalue weighted by molar-refractivity contribution is -0.122. The fourth-order valence-corrected chi connectivity index (χ4v) is 4.02. The molecule has 0 unspecified atom stereocenters. The molecular formula is C20H14ClFN2O5S. The summed E-state index contributed by atoms with van der Waals surface area (Å²) in [5, 5.41) is 2.12. The third-order valence-corrected chi connectivity index (χ3v) is 5.58. The molecule has 1 saturated heterocycles. The number of imide groups is 1. The Balaban J connectivity index is 1.38. The maximum atomic E-state index is 13.1. The molecule has 0 atom stereocenters. The van der Waals surface area contributed by atoms with Crippen LogP contribution >= 0.6 is 23.4 Å². The fraction of sp³-hybridized carbons (Fsp3) is 0.150. The number of benzene rings is 2. The minimum Gasteiger partial charge on any atom is -0.454 e. The average Bonchev–Trinajstić information content (AvgIpc) is 3.27. The van der Waals surface area contributed by atoms with Gasteiger partial charge in [-0.15, -0.1) is 0 Å². The third kappa shape index (κ3) is 4.12. The van der Waals surface area contributed by atoms with Gasteiger partial charge in [-0.1, -0.05) is 17.7 Å². The van der Waals surface area contributed by atoms with Gasteiger partial charge in [-0.25, -0.2) is 4.39 Å². The van der Waals surface area contributed by atoms with E-state index in [-0.39, 0.29) is 35.4 Å². The average molecular weight is 449 g/mol. The van der Waals surface area contributed by atoms with Gasteiger partial charge in [-0.05, 0) is 53.7 Å². The molecule has 0 bridgehead atoms.